The van der Waals surface area contributed by atoms with E-state index in [1.807, 2.05) is 13.0 Å². The second kappa shape index (κ2) is 9.89. The first-order valence-corrected chi connectivity index (χ1v) is 10.7. The molecule has 0 unspecified atom stereocenters. The van der Waals surface area contributed by atoms with Gasteiger partial charge in [0, 0.05) is 30.7 Å². The van der Waals surface area contributed by atoms with Crippen LogP contribution in [-0.4, -0.2) is 39.2 Å². The van der Waals surface area contributed by atoms with Crippen molar-refractivity contribution in [2.75, 3.05) is 32.7 Å². The number of thiophene rings is 1. The summed E-state index contributed by atoms with van der Waals surface area (Å²) >= 11 is 1.52. The lowest BCUT2D eigenvalue weighted by Crippen LogP contribution is -2.27. The maximum absolute atomic E-state index is 12.9. The van der Waals surface area contributed by atoms with E-state index in [9.17, 15) is 9.59 Å². The molecule has 0 bridgehead atoms. The summed E-state index contributed by atoms with van der Waals surface area (Å²) in [6, 6.07) is 5.35. The van der Waals surface area contributed by atoms with Gasteiger partial charge in [-0.15, -0.1) is 11.3 Å². The molecule has 0 fully saturated rings. The minimum atomic E-state index is -0.240. The molecule has 156 valence electrons. The monoisotopic (exact) mass is 416 g/mol. The van der Waals surface area contributed by atoms with Gasteiger partial charge in [0.15, 0.2) is 0 Å². The smallest absolute Gasteiger partial charge is 0.256 e. The topological polar surface area (TPSA) is 76.7 Å². The van der Waals surface area contributed by atoms with Crippen LogP contribution in [0.2, 0.25) is 0 Å². The Morgan fingerprint density at radius 2 is 1.93 bits per heavy atom. The van der Waals surface area contributed by atoms with Crippen LogP contribution in [0.4, 0.5) is 5.00 Å². The van der Waals surface area contributed by atoms with Crippen LogP contribution in [0.5, 0.6) is 5.75 Å². The summed E-state index contributed by atoms with van der Waals surface area (Å²) in [6.07, 6.45) is 4.76. The molecule has 0 spiro atoms. The number of carbonyl (C=O) groups excluding carboxylic acids is 2. The number of hydrogen-bond acceptors (Lipinski definition) is 5. The highest BCUT2D eigenvalue weighted by molar-refractivity contribution is 7.17. The molecule has 1 heterocycles. The quantitative estimate of drug-likeness (QED) is 0.639. The van der Waals surface area contributed by atoms with E-state index in [-0.39, 0.29) is 11.8 Å². The average Bonchev–Trinajstić information content (AvgIpc) is 3.09. The molecule has 1 aromatic heterocycles. The molecule has 1 aliphatic rings. The Balaban J connectivity index is 1.83. The van der Waals surface area contributed by atoms with Crippen molar-refractivity contribution in [3.8, 4) is 5.75 Å². The van der Waals surface area contributed by atoms with Gasteiger partial charge in [-0.05, 0) is 62.3 Å². The Labute approximate surface area is 175 Å². The molecule has 0 aliphatic heterocycles. The van der Waals surface area contributed by atoms with Gasteiger partial charge in [0.2, 0.25) is 0 Å². The first-order chi connectivity index (χ1) is 14.0. The average molecular weight is 417 g/mol. The first kappa shape index (κ1) is 21.3. The number of benzene rings is 1. The number of amides is 2. The number of nitrogens with one attached hydrogen (secondary N) is 2. The number of ether oxygens (including phenoxy) is 2. The van der Waals surface area contributed by atoms with Crippen LogP contribution in [0.1, 0.15) is 56.0 Å². The molecule has 0 radical (unpaired) electrons. The summed E-state index contributed by atoms with van der Waals surface area (Å²) in [5, 5.41) is 6.57. The van der Waals surface area contributed by atoms with E-state index in [0.29, 0.717) is 35.0 Å². The molecular formula is C22H28N2O4S. The van der Waals surface area contributed by atoms with Crippen LogP contribution in [0.25, 0.3) is 0 Å². The highest BCUT2D eigenvalue weighted by Crippen LogP contribution is 2.38. The molecule has 2 aromatic rings. The van der Waals surface area contributed by atoms with Crippen molar-refractivity contribution in [1.82, 2.24) is 5.32 Å². The zero-order chi connectivity index (χ0) is 20.8. The molecule has 1 aliphatic carbocycles. The van der Waals surface area contributed by atoms with Gasteiger partial charge in [-0.25, -0.2) is 0 Å². The third-order valence-corrected chi connectivity index (χ3v) is 6.31. The molecule has 0 atom stereocenters. The Morgan fingerprint density at radius 1 is 1.14 bits per heavy atom. The predicted molar refractivity (Wildman–Crippen MR) is 115 cm³/mol. The van der Waals surface area contributed by atoms with Crippen LogP contribution in [-0.2, 0) is 17.6 Å². The van der Waals surface area contributed by atoms with Crippen LogP contribution in [0.15, 0.2) is 18.2 Å². The largest absolute Gasteiger partial charge is 0.496 e. The highest BCUT2D eigenvalue weighted by Gasteiger charge is 2.26. The number of aryl methyl sites for hydroxylation is 2. The van der Waals surface area contributed by atoms with Crippen LogP contribution < -0.4 is 15.4 Å². The predicted octanol–water partition coefficient (Wildman–Crippen LogP) is 3.96. The third-order valence-electron chi connectivity index (χ3n) is 5.11. The Hall–Kier alpha value is -2.38. The van der Waals surface area contributed by atoms with Gasteiger partial charge in [0.05, 0.1) is 12.7 Å². The van der Waals surface area contributed by atoms with Gasteiger partial charge in [-0.1, -0.05) is 6.07 Å². The van der Waals surface area contributed by atoms with Gasteiger partial charge in [-0.3, -0.25) is 9.59 Å². The number of methoxy groups -OCH3 is 2. The lowest BCUT2D eigenvalue weighted by atomic mass is 9.95. The second-order valence-electron chi connectivity index (χ2n) is 7.16. The number of rotatable bonds is 8. The molecule has 6 nitrogen and oxygen atoms in total. The number of anilines is 1. The Morgan fingerprint density at radius 3 is 2.69 bits per heavy atom. The van der Waals surface area contributed by atoms with Crippen LogP contribution >= 0.6 is 11.3 Å². The Bertz CT molecular complexity index is 891. The first-order valence-electron chi connectivity index (χ1n) is 9.92. The van der Waals surface area contributed by atoms with E-state index in [1.54, 1.807) is 26.4 Å². The van der Waals surface area contributed by atoms with Gasteiger partial charge in [0.1, 0.15) is 10.8 Å². The van der Waals surface area contributed by atoms with E-state index in [2.05, 4.69) is 10.6 Å². The number of fused-ring (bicyclic) bond motifs is 1. The summed E-state index contributed by atoms with van der Waals surface area (Å²) in [6.45, 7) is 3.07. The molecule has 0 saturated heterocycles. The number of hydrogen-bond donors (Lipinski definition) is 2. The van der Waals surface area contributed by atoms with Crippen molar-refractivity contribution < 1.29 is 19.1 Å². The van der Waals surface area contributed by atoms with Crippen molar-refractivity contribution in [1.29, 1.82) is 0 Å². The Kier molecular flexibility index (Phi) is 7.28. The van der Waals surface area contributed by atoms with Crippen molar-refractivity contribution >= 4 is 28.2 Å². The molecule has 3 rings (SSSR count). The highest BCUT2D eigenvalue weighted by atomic mass is 32.1. The number of carbonyl (C=O) groups is 2. The zero-order valence-corrected chi connectivity index (χ0v) is 18.0. The summed E-state index contributed by atoms with van der Waals surface area (Å²) in [7, 11) is 3.23. The van der Waals surface area contributed by atoms with Crippen molar-refractivity contribution in [2.24, 2.45) is 0 Å². The lowest BCUT2D eigenvalue weighted by Gasteiger charge is -2.13. The van der Waals surface area contributed by atoms with E-state index < -0.39 is 0 Å². The van der Waals surface area contributed by atoms with Gasteiger partial charge >= 0.3 is 0 Å². The van der Waals surface area contributed by atoms with Crippen LogP contribution in [0, 0.1) is 6.92 Å². The zero-order valence-electron chi connectivity index (χ0n) is 17.2. The maximum atomic E-state index is 12.9. The summed E-state index contributed by atoms with van der Waals surface area (Å²) in [5.41, 5.74) is 3.17. The van der Waals surface area contributed by atoms with Crippen molar-refractivity contribution in [2.45, 2.75) is 39.0 Å². The molecule has 1 aromatic carbocycles. The third kappa shape index (κ3) is 4.97. The minimum absolute atomic E-state index is 0.128. The molecule has 29 heavy (non-hydrogen) atoms. The standard InChI is InChI=1S/C22H28N2O4S/c1-14-9-10-15(13-17(14)28-3)20(25)24-22-19(21(26)23-11-6-12-27-2)16-7-4-5-8-18(16)29-22/h9-10,13H,4-8,11-12H2,1-3H3,(H,23,26)(H,24,25). The fourth-order valence-electron chi connectivity index (χ4n) is 3.54. The molecule has 2 amide bonds. The fourth-order valence-corrected chi connectivity index (χ4v) is 4.82. The summed E-state index contributed by atoms with van der Waals surface area (Å²) in [5.74, 6) is 0.298. The van der Waals surface area contributed by atoms with Crippen LogP contribution in [0.3, 0.4) is 0 Å². The van der Waals surface area contributed by atoms with E-state index in [0.717, 1.165) is 43.2 Å². The minimum Gasteiger partial charge on any atom is -0.496 e. The summed E-state index contributed by atoms with van der Waals surface area (Å²) in [4.78, 5) is 27.0. The van der Waals surface area contributed by atoms with Gasteiger partial charge < -0.3 is 20.1 Å². The molecule has 7 heteroatoms. The van der Waals surface area contributed by atoms with E-state index in [4.69, 9.17) is 9.47 Å². The van der Waals surface area contributed by atoms with E-state index >= 15 is 0 Å². The van der Waals surface area contributed by atoms with Crippen molar-refractivity contribution in [3.63, 3.8) is 0 Å². The summed E-state index contributed by atoms with van der Waals surface area (Å²) < 4.78 is 10.4. The van der Waals surface area contributed by atoms with E-state index in [1.165, 1.54) is 16.2 Å². The lowest BCUT2D eigenvalue weighted by molar-refractivity contribution is 0.0948. The van der Waals surface area contributed by atoms with Gasteiger partial charge in [0.25, 0.3) is 11.8 Å². The maximum Gasteiger partial charge on any atom is 0.256 e. The normalized spacial score (nSPS) is 12.9. The fraction of sp³-hybridized carbons (Fsp3) is 0.455. The van der Waals surface area contributed by atoms with Crippen molar-refractivity contribution in [3.05, 3.63) is 45.3 Å². The molecule has 0 saturated carbocycles. The SMILES string of the molecule is COCCCNC(=O)c1c(NC(=O)c2ccc(C)c(OC)c2)sc2c1CCCC2. The molecular weight excluding hydrogens is 388 g/mol. The second-order valence-corrected chi connectivity index (χ2v) is 8.26. The van der Waals surface area contributed by atoms with Gasteiger partial charge in [-0.2, -0.15) is 0 Å². The molecule has 2 N–H and O–H groups in total.